The number of benzene rings is 1. The van der Waals surface area contributed by atoms with Gasteiger partial charge in [0.05, 0.1) is 12.5 Å². The summed E-state index contributed by atoms with van der Waals surface area (Å²) in [6.07, 6.45) is 2.26. The third-order valence-corrected chi connectivity index (χ3v) is 3.10. The van der Waals surface area contributed by atoms with Crippen molar-refractivity contribution in [3.05, 3.63) is 35.9 Å². The van der Waals surface area contributed by atoms with Gasteiger partial charge in [0.25, 0.3) is 0 Å². The van der Waals surface area contributed by atoms with Crippen molar-refractivity contribution < 1.29 is 9.59 Å². The van der Waals surface area contributed by atoms with Crippen LogP contribution >= 0.6 is 0 Å². The fourth-order valence-electron chi connectivity index (χ4n) is 2.21. The number of hydrogen-bond acceptors (Lipinski definition) is 2. The second-order valence-electron chi connectivity index (χ2n) is 5.13. The first-order valence-electron chi connectivity index (χ1n) is 7.14. The van der Waals surface area contributed by atoms with Crippen molar-refractivity contribution in [1.82, 2.24) is 10.6 Å². The standard InChI is InChI=1S/C16H24N2O2/c1-4-8-12(2)17-16(20)11-15(18-13(3)19)14-9-6-5-7-10-14/h5-7,9-10,12,15H,4,8,11H2,1-3H3,(H,17,20)(H,18,19)/t12-,15-/m0/s1. The lowest BCUT2D eigenvalue weighted by atomic mass is 10.0. The summed E-state index contributed by atoms with van der Waals surface area (Å²) in [5, 5.41) is 5.80. The lowest BCUT2D eigenvalue weighted by Crippen LogP contribution is -2.36. The Balaban J connectivity index is 2.66. The Kier molecular flexibility index (Phi) is 6.77. The highest BCUT2D eigenvalue weighted by Gasteiger charge is 2.17. The highest BCUT2D eigenvalue weighted by molar-refractivity contribution is 5.79. The Morgan fingerprint density at radius 2 is 1.80 bits per heavy atom. The highest BCUT2D eigenvalue weighted by Crippen LogP contribution is 2.16. The number of hydrogen-bond donors (Lipinski definition) is 2. The molecule has 110 valence electrons. The molecule has 2 amide bonds. The average Bonchev–Trinajstić information content (AvgIpc) is 2.38. The summed E-state index contributed by atoms with van der Waals surface area (Å²) >= 11 is 0. The number of carbonyl (C=O) groups is 2. The Labute approximate surface area is 121 Å². The maximum atomic E-state index is 12.0. The first kappa shape index (κ1) is 16.2. The van der Waals surface area contributed by atoms with E-state index >= 15 is 0 Å². The molecule has 0 aliphatic carbocycles. The zero-order valence-electron chi connectivity index (χ0n) is 12.5. The third kappa shape index (κ3) is 5.87. The van der Waals surface area contributed by atoms with Crippen LogP contribution in [0.15, 0.2) is 30.3 Å². The van der Waals surface area contributed by atoms with E-state index in [0.29, 0.717) is 0 Å². The van der Waals surface area contributed by atoms with E-state index in [-0.39, 0.29) is 30.3 Å². The van der Waals surface area contributed by atoms with Crippen molar-refractivity contribution in [2.24, 2.45) is 0 Å². The normalized spacial score (nSPS) is 13.3. The van der Waals surface area contributed by atoms with Gasteiger partial charge in [-0.1, -0.05) is 43.7 Å². The zero-order chi connectivity index (χ0) is 15.0. The fourth-order valence-corrected chi connectivity index (χ4v) is 2.21. The van der Waals surface area contributed by atoms with Gasteiger partial charge in [-0.05, 0) is 18.9 Å². The molecule has 2 atom stereocenters. The summed E-state index contributed by atoms with van der Waals surface area (Å²) < 4.78 is 0. The van der Waals surface area contributed by atoms with Crippen LogP contribution in [0.1, 0.15) is 51.6 Å². The number of carbonyl (C=O) groups excluding carboxylic acids is 2. The molecule has 2 N–H and O–H groups in total. The molecular formula is C16H24N2O2. The maximum absolute atomic E-state index is 12.0. The topological polar surface area (TPSA) is 58.2 Å². The predicted molar refractivity (Wildman–Crippen MR) is 80.1 cm³/mol. The molecule has 4 nitrogen and oxygen atoms in total. The van der Waals surface area contributed by atoms with E-state index in [0.717, 1.165) is 18.4 Å². The fraction of sp³-hybridized carbons (Fsp3) is 0.500. The lowest BCUT2D eigenvalue weighted by Gasteiger charge is -2.20. The zero-order valence-corrected chi connectivity index (χ0v) is 12.5. The van der Waals surface area contributed by atoms with Crippen molar-refractivity contribution in [1.29, 1.82) is 0 Å². The molecule has 0 fully saturated rings. The SMILES string of the molecule is CCC[C@H](C)NC(=O)C[C@H](NC(C)=O)c1ccccc1. The van der Waals surface area contributed by atoms with E-state index in [1.165, 1.54) is 6.92 Å². The molecule has 0 spiro atoms. The monoisotopic (exact) mass is 276 g/mol. The van der Waals surface area contributed by atoms with Crippen LogP contribution < -0.4 is 10.6 Å². The largest absolute Gasteiger partial charge is 0.354 e. The quantitative estimate of drug-likeness (QED) is 0.804. The molecule has 0 radical (unpaired) electrons. The summed E-state index contributed by atoms with van der Waals surface area (Å²) in [6, 6.07) is 9.46. The van der Waals surface area contributed by atoms with E-state index in [4.69, 9.17) is 0 Å². The molecule has 0 bridgehead atoms. The molecule has 0 aromatic heterocycles. The average molecular weight is 276 g/mol. The van der Waals surface area contributed by atoms with Crippen LogP contribution in [-0.4, -0.2) is 17.9 Å². The van der Waals surface area contributed by atoms with Gasteiger partial charge in [0.15, 0.2) is 0 Å². The number of nitrogens with one attached hydrogen (secondary N) is 2. The van der Waals surface area contributed by atoms with Crippen molar-refractivity contribution in [2.75, 3.05) is 0 Å². The van der Waals surface area contributed by atoms with E-state index in [1.54, 1.807) is 0 Å². The lowest BCUT2D eigenvalue weighted by molar-refractivity contribution is -0.123. The molecule has 0 aliphatic rings. The van der Waals surface area contributed by atoms with E-state index in [9.17, 15) is 9.59 Å². The Morgan fingerprint density at radius 3 is 2.35 bits per heavy atom. The van der Waals surface area contributed by atoms with Gasteiger partial charge < -0.3 is 10.6 Å². The Hall–Kier alpha value is -1.84. The van der Waals surface area contributed by atoms with Gasteiger partial charge in [-0.15, -0.1) is 0 Å². The van der Waals surface area contributed by atoms with Crippen molar-refractivity contribution in [2.45, 2.75) is 52.1 Å². The molecule has 1 rings (SSSR count). The number of amides is 2. The Morgan fingerprint density at radius 1 is 1.15 bits per heavy atom. The van der Waals surface area contributed by atoms with E-state index in [1.807, 2.05) is 37.3 Å². The van der Waals surface area contributed by atoms with Gasteiger partial charge in [-0.25, -0.2) is 0 Å². The Bertz CT molecular complexity index is 431. The van der Waals surface area contributed by atoms with Crippen LogP contribution in [-0.2, 0) is 9.59 Å². The highest BCUT2D eigenvalue weighted by atomic mass is 16.2. The molecule has 0 saturated heterocycles. The molecule has 1 aromatic carbocycles. The van der Waals surface area contributed by atoms with Gasteiger partial charge in [0.1, 0.15) is 0 Å². The minimum atomic E-state index is -0.275. The molecule has 1 aromatic rings. The van der Waals surface area contributed by atoms with Crippen LogP contribution in [0, 0.1) is 0 Å². The molecular weight excluding hydrogens is 252 g/mol. The van der Waals surface area contributed by atoms with Crippen LogP contribution in [0.25, 0.3) is 0 Å². The van der Waals surface area contributed by atoms with Crippen molar-refractivity contribution in [3.63, 3.8) is 0 Å². The van der Waals surface area contributed by atoms with Crippen LogP contribution in [0.5, 0.6) is 0 Å². The summed E-state index contributed by atoms with van der Waals surface area (Å²) in [5.74, 6) is -0.165. The first-order valence-corrected chi connectivity index (χ1v) is 7.14. The predicted octanol–water partition coefficient (Wildman–Crippen LogP) is 2.56. The van der Waals surface area contributed by atoms with Crippen LogP contribution in [0.4, 0.5) is 0 Å². The summed E-state index contributed by atoms with van der Waals surface area (Å²) in [5.41, 5.74) is 0.945. The molecule has 0 unspecified atom stereocenters. The number of rotatable bonds is 7. The van der Waals surface area contributed by atoms with Crippen molar-refractivity contribution in [3.8, 4) is 0 Å². The molecule has 20 heavy (non-hydrogen) atoms. The summed E-state index contributed by atoms with van der Waals surface area (Å²) in [7, 11) is 0. The van der Waals surface area contributed by atoms with Gasteiger partial charge in [-0.3, -0.25) is 9.59 Å². The van der Waals surface area contributed by atoms with E-state index in [2.05, 4.69) is 17.6 Å². The van der Waals surface area contributed by atoms with E-state index < -0.39 is 0 Å². The second kappa shape index (κ2) is 8.35. The smallest absolute Gasteiger partial charge is 0.222 e. The maximum Gasteiger partial charge on any atom is 0.222 e. The first-order chi connectivity index (χ1) is 9.52. The molecule has 0 aliphatic heterocycles. The van der Waals surface area contributed by atoms with Crippen molar-refractivity contribution >= 4 is 11.8 Å². The molecule has 0 heterocycles. The second-order valence-corrected chi connectivity index (χ2v) is 5.13. The molecule has 0 saturated carbocycles. The van der Waals surface area contributed by atoms with Gasteiger partial charge in [0, 0.05) is 13.0 Å². The minimum Gasteiger partial charge on any atom is -0.354 e. The van der Waals surface area contributed by atoms with Crippen LogP contribution in [0.3, 0.4) is 0 Å². The van der Waals surface area contributed by atoms with Gasteiger partial charge in [0.2, 0.25) is 11.8 Å². The molecule has 4 heteroatoms. The minimum absolute atomic E-state index is 0.0337. The third-order valence-electron chi connectivity index (χ3n) is 3.10. The van der Waals surface area contributed by atoms with Gasteiger partial charge in [-0.2, -0.15) is 0 Å². The van der Waals surface area contributed by atoms with Gasteiger partial charge >= 0.3 is 0 Å². The van der Waals surface area contributed by atoms with Crippen LogP contribution in [0.2, 0.25) is 0 Å². The summed E-state index contributed by atoms with van der Waals surface area (Å²) in [4.78, 5) is 23.3. The summed E-state index contributed by atoms with van der Waals surface area (Å²) in [6.45, 7) is 5.55.